The van der Waals surface area contributed by atoms with Crippen molar-refractivity contribution in [2.75, 3.05) is 13.2 Å². The Balaban J connectivity index is 4.55. The molecule has 0 spiro atoms. The average Bonchev–Trinajstić information content (AvgIpc) is 3.36. The Morgan fingerprint density at radius 3 is 1.04 bits per heavy atom. The van der Waals surface area contributed by atoms with Crippen molar-refractivity contribution in [1.29, 1.82) is 0 Å². The predicted octanol–water partition coefficient (Wildman–Crippen LogP) is 19.0. The maximum Gasteiger partial charge on any atom is 0.306 e. The van der Waals surface area contributed by atoms with Gasteiger partial charge in [-0.3, -0.25) is 14.4 Å². The molecular formula is C64H102O6. The van der Waals surface area contributed by atoms with E-state index < -0.39 is 6.10 Å². The van der Waals surface area contributed by atoms with E-state index in [1.165, 1.54) is 89.9 Å². The van der Waals surface area contributed by atoms with Crippen molar-refractivity contribution in [1.82, 2.24) is 0 Å². The quantitative estimate of drug-likeness (QED) is 0.0199. The summed E-state index contributed by atoms with van der Waals surface area (Å²) in [5, 5.41) is 0. The van der Waals surface area contributed by atoms with Gasteiger partial charge in [0.25, 0.3) is 0 Å². The molecule has 0 rings (SSSR count). The maximum absolute atomic E-state index is 12.9. The van der Waals surface area contributed by atoms with Crippen molar-refractivity contribution in [2.24, 2.45) is 0 Å². The molecule has 0 bridgehead atoms. The lowest BCUT2D eigenvalue weighted by atomic mass is 10.0. The number of carbonyl (C=O) groups is 3. The molecule has 0 aliphatic carbocycles. The number of unbranched alkanes of at least 4 members (excludes halogenated alkanes) is 22. The van der Waals surface area contributed by atoms with Crippen LogP contribution in [-0.4, -0.2) is 37.2 Å². The Labute approximate surface area is 430 Å². The molecule has 0 N–H and O–H groups in total. The van der Waals surface area contributed by atoms with Crippen LogP contribution in [0.15, 0.2) is 134 Å². The summed E-state index contributed by atoms with van der Waals surface area (Å²) in [4.78, 5) is 38.2. The minimum atomic E-state index is -0.814. The monoisotopic (exact) mass is 967 g/mol. The van der Waals surface area contributed by atoms with E-state index in [1.54, 1.807) is 0 Å². The highest BCUT2D eigenvalue weighted by Crippen LogP contribution is 2.15. The molecule has 0 saturated carbocycles. The van der Waals surface area contributed by atoms with Gasteiger partial charge in [0.05, 0.1) is 0 Å². The van der Waals surface area contributed by atoms with E-state index in [0.717, 1.165) is 103 Å². The predicted molar refractivity (Wildman–Crippen MR) is 302 cm³/mol. The summed E-state index contributed by atoms with van der Waals surface area (Å²) >= 11 is 0. The van der Waals surface area contributed by atoms with E-state index in [9.17, 15) is 14.4 Å². The van der Waals surface area contributed by atoms with Crippen molar-refractivity contribution in [3.63, 3.8) is 0 Å². The number of hydrogen-bond acceptors (Lipinski definition) is 6. The molecule has 0 saturated heterocycles. The van der Waals surface area contributed by atoms with Gasteiger partial charge in [0, 0.05) is 19.3 Å². The van der Waals surface area contributed by atoms with Crippen LogP contribution >= 0.6 is 0 Å². The molecule has 1 unspecified atom stereocenters. The zero-order chi connectivity index (χ0) is 50.7. The second kappa shape index (κ2) is 57.1. The summed E-state index contributed by atoms with van der Waals surface area (Å²) in [5.41, 5.74) is 0. The lowest BCUT2D eigenvalue weighted by Gasteiger charge is -2.18. The topological polar surface area (TPSA) is 78.9 Å². The van der Waals surface area contributed by atoms with Crippen LogP contribution in [-0.2, 0) is 28.6 Å². The number of hydrogen-bond donors (Lipinski definition) is 0. The van der Waals surface area contributed by atoms with E-state index in [1.807, 2.05) is 72.9 Å². The Hall–Kier alpha value is -4.45. The first kappa shape index (κ1) is 65.5. The van der Waals surface area contributed by atoms with Crippen LogP contribution in [0, 0.1) is 0 Å². The lowest BCUT2D eigenvalue weighted by molar-refractivity contribution is -0.167. The second-order valence-electron chi connectivity index (χ2n) is 18.3. The third kappa shape index (κ3) is 54.5. The molecule has 0 heterocycles. The van der Waals surface area contributed by atoms with E-state index in [-0.39, 0.29) is 31.1 Å². The molecule has 0 aliphatic heterocycles. The van der Waals surface area contributed by atoms with Gasteiger partial charge in [-0.25, -0.2) is 0 Å². The van der Waals surface area contributed by atoms with Gasteiger partial charge in [-0.05, 0) is 77.0 Å². The smallest absolute Gasteiger partial charge is 0.306 e. The van der Waals surface area contributed by atoms with Gasteiger partial charge in [-0.1, -0.05) is 270 Å². The van der Waals surface area contributed by atoms with Gasteiger partial charge in [-0.2, -0.15) is 0 Å². The largest absolute Gasteiger partial charge is 0.462 e. The van der Waals surface area contributed by atoms with Gasteiger partial charge >= 0.3 is 17.9 Å². The summed E-state index contributed by atoms with van der Waals surface area (Å²) in [5.74, 6) is -0.987. The van der Waals surface area contributed by atoms with E-state index >= 15 is 0 Å². The second-order valence-corrected chi connectivity index (χ2v) is 18.3. The van der Waals surface area contributed by atoms with Crippen LogP contribution in [0.4, 0.5) is 0 Å². The Kier molecular flexibility index (Phi) is 53.5. The number of ether oxygens (including phenoxy) is 3. The third-order valence-electron chi connectivity index (χ3n) is 11.6. The fourth-order valence-electron chi connectivity index (χ4n) is 7.42. The van der Waals surface area contributed by atoms with Crippen LogP contribution in [0.3, 0.4) is 0 Å². The minimum absolute atomic E-state index is 0.112. The first-order valence-electron chi connectivity index (χ1n) is 28.3. The summed E-state index contributed by atoms with van der Waals surface area (Å²) < 4.78 is 16.8. The number of esters is 3. The summed E-state index contributed by atoms with van der Waals surface area (Å²) in [6.45, 7) is 6.31. The average molecular weight is 968 g/mol. The van der Waals surface area contributed by atoms with Crippen molar-refractivity contribution in [3.8, 4) is 0 Å². The van der Waals surface area contributed by atoms with Crippen LogP contribution in [0.5, 0.6) is 0 Å². The zero-order valence-electron chi connectivity index (χ0n) is 45.0. The number of rotatable bonds is 49. The van der Waals surface area contributed by atoms with Gasteiger partial charge in [0.1, 0.15) is 13.2 Å². The van der Waals surface area contributed by atoms with E-state index in [2.05, 4.69) is 81.5 Å². The first-order valence-corrected chi connectivity index (χ1v) is 28.3. The molecule has 394 valence electrons. The molecule has 1 atom stereocenters. The normalized spacial score (nSPS) is 13.1. The SMILES string of the molecule is CC\C=C/C=C\C=C/C=C\C=C\C=C/C=C\CCCCCC(=O)OCC(COC(=O)CCCCC/C=C\C/C=C\C/C=C\C/C=C\CC)OC(=O)CCCCCCCCCCCCCCCCCCC. The molecule has 0 aromatic rings. The first-order chi connectivity index (χ1) is 34.5. The van der Waals surface area contributed by atoms with Crippen LogP contribution in [0.2, 0.25) is 0 Å². The molecule has 6 nitrogen and oxygen atoms in total. The van der Waals surface area contributed by atoms with E-state index in [0.29, 0.717) is 19.3 Å². The van der Waals surface area contributed by atoms with Gasteiger partial charge in [0.2, 0.25) is 0 Å². The van der Waals surface area contributed by atoms with Gasteiger partial charge < -0.3 is 14.2 Å². The van der Waals surface area contributed by atoms with Gasteiger partial charge in [-0.15, -0.1) is 0 Å². The Bertz CT molecular complexity index is 1530. The van der Waals surface area contributed by atoms with Gasteiger partial charge in [0.15, 0.2) is 6.10 Å². The minimum Gasteiger partial charge on any atom is -0.462 e. The molecule has 0 amide bonds. The molecule has 0 aliphatic rings. The summed E-state index contributed by atoms with van der Waals surface area (Å²) in [7, 11) is 0. The highest BCUT2D eigenvalue weighted by atomic mass is 16.6. The fraction of sp³-hybridized carbons (Fsp3) is 0.609. The molecular weight excluding hydrogens is 865 g/mol. The zero-order valence-corrected chi connectivity index (χ0v) is 45.0. The molecule has 70 heavy (non-hydrogen) atoms. The van der Waals surface area contributed by atoms with E-state index in [4.69, 9.17) is 14.2 Å². The number of allylic oxidation sites excluding steroid dienone is 22. The molecule has 0 aromatic carbocycles. The fourth-order valence-corrected chi connectivity index (χ4v) is 7.42. The Morgan fingerprint density at radius 1 is 0.314 bits per heavy atom. The third-order valence-corrected chi connectivity index (χ3v) is 11.6. The molecule has 0 radical (unpaired) electrons. The van der Waals surface area contributed by atoms with Crippen molar-refractivity contribution in [2.45, 2.75) is 239 Å². The summed E-state index contributed by atoms with van der Waals surface area (Å²) in [6.07, 6.45) is 80.0. The van der Waals surface area contributed by atoms with Crippen molar-refractivity contribution >= 4 is 17.9 Å². The standard InChI is InChI=1S/C64H102O6/c1-4-7-10-13-16-19-22-25-28-31-32-34-36-39-42-45-48-51-54-57-63(66)69-60-61(59-68-62(65)56-53-50-47-44-41-38-35-30-27-24-21-18-15-12-9-6-3)70-64(67)58-55-52-49-46-43-40-37-33-29-26-23-20-17-14-11-8-5-2/h7,9-10,12-13,16,18-19,21-22,25,27-28,30-32,34,36,38-39,41-42,61H,4-6,8,11,14-15,17,20,23-24,26,29,33,35,37,40,43-60H2,1-3H3/b10-7-,12-9-,16-13-,21-18-,22-19-,28-25-,30-27-,32-31+,36-34-,41-38-,42-39-. The molecule has 0 aromatic heterocycles. The van der Waals surface area contributed by atoms with Crippen LogP contribution < -0.4 is 0 Å². The lowest BCUT2D eigenvalue weighted by Crippen LogP contribution is -2.30. The van der Waals surface area contributed by atoms with Crippen LogP contribution in [0.25, 0.3) is 0 Å². The summed E-state index contributed by atoms with van der Waals surface area (Å²) in [6, 6.07) is 0. The Morgan fingerprint density at radius 2 is 0.629 bits per heavy atom. The van der Waals surface area contributed by atoms with Crippen molar-refractivity contribution < 1.29 is 28.6 Å². The molecule has 6 heteroatoms. The maximum atomic E-state index is 12.9. The highest BCUT2D eigenvalue weighted by Gasteiger charge is 2.19. The highest BCUT2D eigenvalue weighted by molar-refractivity contribution is 5.71. The van der Waals surface area contributed by atoms with Crippen molar-refractivity contribution in [3.05, 3.63) is 134 Å². The van der Waals surface area contributed by atoms with Crippen LogP contribution in [0.1, 0.15) is 233 Å². The number of carbonyl (C=O) groups excluding carboxylic acids is 3. The molecule has 0 fully saturated rings.